The zero-order chi connectivity index (χ0) is 20.6. The summed E-state index contributed by atoms with van der Waals surface area (Å²) in [6.45, 7) is 1.89. The lowest BCUT2D eigenvalue weighted by atomic mass is 10.1. The molecule has 3 rings (SSSR count). The highest BCUT2D eigenvalue weighted by Crippen LogP contribution is 2.28. The molecule has 6 heteroatoms. The van der Waals surface area contributed by atoms with E-state index in [2.05, 4.69) is 4.90 Å². The van der Waals surface area contributed by atoms with Gasteiger partial charge in [0.05, 0.1) is 19.8 Å². The van der Waals surface area contributed by atoms with Crippen LogP contribution in [0.25, 0.3) is 6.08 Å². The molecule has 1 aliphatic rings. The predicted octanol–water partition coefficient (Wildman–Crippen LogP) is 4.48. The molecule has 0 bridgehead atoms. The Labute approximate surface area is 176 Å². The maximum atomic E-state index is 12.4. The molecule has 2 aromatic rings. The van der Waals surface area contributed by atoms with Gasteiger partial charge in [-0.25, -0.2) is 4.79 Å². The average molecular weight is 412 g/mol. The number of piperidine rings is 1. The first-order valence-corrected chi connectivity index (χ1v) is 10.0. The first kappa shape index (κ1) is 20.9. The molecule has 0 unspecified atom stereocenters. The number of hydrogen-bond acceptors (Lipinski definition) is 5. The number of thiocarbonyl (C=S) groups is 1. The van der Waals surface area contributed by atoms with E-state index in [9.17, 15) is 4.79 Å². The van der Waals surface area contributed by atoms with Crippen molar-refractivity contribution in [2.75, 3.05) is 27.3 Å². The molecule has 0 radical (unpaired) electrons. The number of rotatable bonds is 6. The largest absolute Gasteiger partial charge is 0.493 e. The van der Waals surface area contributed by atoms with Crippen molar-refractivity contribution in [2.24, 2.45) is 0 Å². The minimum absolute atomic E-state index is 0.464. The van der Waals surface area contributed by atoms with Crippen molar-refractivity contribution in [3.8, 4) is 17.2 Å². The number of hydrogen-bond donors (Lipinski definition) is 0. The molecule has 2 aromatic carbocycles. The number of carbonyl (C=O) groups excluding carboxylic acids is 1. The van der Waals surface area contributed by atoms with Gasteiger partial charge in [0.15, 0.2) is 11.5 Å². The van der Waals surface area contributed by atoms with Crippen LogP contribution in [0, 0.1) is 0 Å². The van der Waals surface area contributed by atoms with E-state index in [-0.39, 0.29) is 0 Å². The van der Waals surface area contributed by atoms with E-state index in [0.29, 0.717) is 17.2 Å². The van der Waals surface area contributed by atoms with E-state index < -0.39 is 5.97 Å². The SMILES string of the molecule is COc1ccc(/C=C/C(=O)Oc2ccccc2C(=S)N2CCCCC2)cc1OC. The first-order chi connectivity index (χ1) is 14.1. The van der Waals surface area contributed by atoms with Crippen LogP contribution in [-0.4, -0.2) is 43.2 Å². The number of carbonyl (C=O) groups is 1. The molecule has 152 valence electrons. The van der Waals surface area contributed by atoms with Crippen LogP contribution >= 0.6 is 12.2 Å². The Morgan fingerprint density at radius 1 is 0.966 bits per heavy atom. The fourth-order valence-electron chi connectivity index (χ4n) is 3.26. The normalized spacial score (nSPS) is 13.9. The van der Waals surface area contributed by atoms with E-state index in [1.165, 1.54) is 12.5 Å². The summed E-state index contributed by atoms with van der Waals surface area (Å²) in [5.41, 5.74) is 1.58. The van der Waals surface area contributed by atoms with Crippen LogP contribution in [0.1, 0.15) is 30.4 Å². The van der Waals surface area contributed by atoms with Crippen molar-refractivity contribution in [3.63, 3.8) is 0 Å². The molecule has 0 aromatic heterocycles. The molecule has 29 heavy (non-hydrogen) atoms. The van der Waals surface area contributed by atoms with Crippen LogP contribution in [0.5, 0.6) is 17.2 Å². The zero-order valence-electron chi connectivity index (χ0n) is 16.7. The Bertz CT molecular complexity index is 904. The van der Waals surface area contributed by atoms with E-state index in [1.807, 2.05) is 24.3 Å². The van der Waals surface area contributed by atoms with Crippen molar-refractivity contribution in [1.82, 2.24) is 4.90 Å². The topological polar surface area (TPSA) is 48.0 Å². The second kappa shape index (κ2) is 10.1. The monoisotopic (exact) mass is 411 g/mol. The third-order valence-electron chi connectivity index (χ3n) is 4.79. The highest BCUT2D eigenvalue weighted by atomic mass is 32.1. The summed E-state index contributed by atoms with van der Waals surface area (Å²) in [6, 6.07) is 12.8. The lowest BCUT2D eigenvalue weighted by Gasteiger charge is -2.29. The van der Waals surface area contributed by atoms with Gasteiger partial charge >= 0.3 is 5.97 Å². The fourth-order valence-corrected chi connectivity index (χ4v) is 3.61. The standard InChI is InChI=1S/C23H25NO4S/c1-26-20-12-10-17(16-21(20)27-2)11-13-22(25)28-19-9-5-4-8-18(19)23(29)24-14-6-3-7-15-24/h4-5,8-13,16H,3,6-7,14-15H2,1-2H3/b13-11+. The quantitative estimate of drug-likeness (QED) is 0.302. The minimum atomic E-state index is -0.464. The maximum Gasteiger partial charge on any atom is 0.336 e. The van der Waals surface area contributed by atoms with Gasteiger partial charge in [-0.1, -0.05) is 30.4 Å². The molecule has 0 aliphatic carbocycles. The van der Waals surface area contributed by atoms with Gasteiger partial charge < -0.3 is 19.1 Å². The molecule has 0 N–H and O–H groups in total. The third-order valence-corrected chi connectivity index (χ3v) is 5.27. The second-order valence-electron chi connectivity index (χ2n) is 6.72. The Hall–Kier alpha value is -2.86. The molecule has 1 heterocycles. The molecule has 0 spiro atoms. The number of ether oxygens (including phenoxy) is 3. The van der Waals surface area contributed by atoms with Gasteiger partial charge in [0.25, 0.3) is 0 Å². The van der Waals surface area contributed by atoms with Crippen molar-refractivity contribution in [1.29, 1.82) is 0 Å². The molecule has 0 atom stereocenters. The first-order valence-electron chi connectivity index (χ1n) is 9.62. The smallest absolute Gasteiger partial charge is 0.336 e. The van der Waals surface area contributed by atoms with E-state index >= 15 is 0 Å². The van der Waals surface area contributed by atoms with Gasteiger partial charge in [0.2, 0.25) is 0 Å². The Kier molecular flexibility index (Phi) is 7.25. The Balaban J connectivity index is 1.71. The number of likely N-dealkylation sites (tertiary alicyclic amines) is 1. The summed E-state index contributed by atoms with van der Waals surface area (Å²) < 4.78 is 16.1. The lowest BCUT2D eigenvalue weighted by molar-refractivity contribution is -0.128. The summed E-state index contributed by atoms with van der Waals surface area (Å²) in [5, 5.41) is 0. The van der Waals surface area contributed by atoms with Crippen molar-refractivity contribution < 1.29 is 19.0 Å². The summed E-state index contributed by atoms with van der Waals surface area (Å²) in [5.74, 6) is 1.24. The number of nitrogens with zero attached hydrogens (tertiary/aromatic N) is 1. The number of para-hydroxylation sites is 1. The summed E-state index contributed by atoms with van der Waals surface area (Å²) in [4.78, 5) is 15.3. The molecule has 0 amide bonds. The maximum absolute atomic E-state index is 12.4. The number of methoxy groups -OCH3 is 2. The number of benzene rings is 2. The molecule has 1 saturated heterocycles. The Morgan fingerprint density at radius 2 is 1.69 bits per heavy atom. The van der Waals surface area contributed by atoms with Gasteiger partial charge in [-0.3, -0.25) is 0 Å². The highest BCUT2D eigenvalue weighted by molar-refractivity contribution is 7.80. The van der Waals surface area contributed by atoms with Crippen LogP contribution < -0.4 is 14.2 Å². The number of esters is 1. The predicted molar refractivity (Wildman–Crippen MR) is 118 cm³/mol. The van der Waals surface area contributed by atoms with Gasteiger partial charge in [-0.2, -0.15) is 0 Å². The zero-order valence-corrected chi connectivity index (χ0v) is 17.5. The van der Waals surface area contributed by atoms with Crippen molar-refractivity contribution >= 4 is 29.3 Å². The van der Waals surface area contributed by atoms with Crippen molar-refractivity contribution in [3.05, 3.63) is 59.7 Å². The summed E-state index contributed by atoms with van der Waals surface area (Å²) in [7, 11) is 3.15. The lowest BCUT2D eigenvalue weighted by Crippen LogP contribution is -2.35. The summed E-state index contributed by atoms with van der Waals surface area (Å²) in [6.07, 6.45) is 6.57. The van der Waals surface area contributed by atoms with Crippen LogP contribution in [0.2, 0.25) is 0 Å². The van der Waals surface area contributed by atoms with Gasteiger partial charge in [0.1, 0.15) is 10.7 Å². The van der Waals surface area contributed by atoms with Gasteiger partial charge in [-0.05, 0) is 55.2 Å². The van der Waals surface area contributed by atoms with Gasteiger partial charge in [-0.15, -0.1) is 0 Å². The minimum Gasteiger partial charge on any atom is -0.493 e. The van der Waals surface area contributed by atoms with Crippen LogP contribution in [0.3, 0.4) is 0 Å². The van der Waals surface area contributed by atoms with Gasteiger partial charge in [0, 0.05) is 19.2 Å². The van der Waals surface area contributed by atoms with Crippen molar-refractivity contribution in [2.45, 2.75) is 19.3 Å². The van der Waals surface area contributed by atoms with Crippen LogP contribution in [-0.2, 0) is 4.79 Å². The van der Waals surface area contributed by atoms with E-state index in [1.54, 1.807) is 38.5 Å². The van der Waals surface area contributed by atoms with Crippen LogP contribution in [0.15, 0.2) is 48.5 Å². The molecule has 1 aliphatic heterocycles. The Morgan fingerprint density at radius 3 is 2.41 bits per heavy atom. The summed E-state index contributed by atoms with van der Waals surface area (Å²) >= 11 is 5.66. The molecule has 5 nitrogen and oxygen atoms in total. The highest BCUT2D eigenvalue weighted by Gasteiger charge is 2.18. The molecule has 0 saturated carbocycles. The van der Waals surface area contributed by atoms with E-state index in [0.717, 1.165) is 42.0 Å². The average Bonchev–Trinajstić information content (AvgIpc) is 2.78. The third kappa shape index (κ3) is 5.35. The second-order valence-corrected chi connectivity index (χ2v) is 7.10. The molecular formula is C23H25NO4S. The fraction of sp³-hybridized carbons (Fsp3) is 0.304. The molecule has 1 fully saturated rings. The molecular weight excluding hydrogens is 386 g/mol. The van der Waals surface area contributed by atoms with E-state index in [4.69, 9.17) is 26.4 Å². The van der Waals surface area contributed by atoms with Crippen LogP contribution in [0.4, 0.5) is 0 Å².